The van der Waals surface area contributed by atoms with Gasteiger partial charge in [-0.25, -0.2) is 0 Å². The Bertz CT molecular complexity index is 603. The number of halogens is 1. The molecule has 1 amide bonds. The van der Waals surface area contributed by atoms with Crippen LogP contribution in [0.25, 0.3) is 0 Å². The zero-order valence-electron chi connectivity index (χ0n) is 12.2. The van der Waals surface area contributed by atoms with E-state index in [1.807, 2.05) is 24.3 Å². The monoisotopic (exact) mass is 319 g/mol. The third kappa shape index (κ3) is 3.70. The molecule has 3 rings (SSSR count). The molecule has 1 aliphatic rings. The van der Waals surface area contributed by atoms with E-state index in [1.165, 1.54) is 6.26 Å². The van der Waals surface area contributed by atoms with Crippen LogP contribution in [0.3, 0.4) is 0 Å². The van der Waals surface area contributed by atoms with Crippen molar-refractivity contribution in [3.8, 4) is 0 Å². The number of nitrogens with zero attached hydrogens (tertiary/aromatic N) is 1. The fraction of sp³-hybridized carbons (Fsp3) is 0.353. The average molecular weight is 320 g/mol. The van der Waals surface area contributed by atoms with Crippen molar-refractivity contribution in [1.29, 1.82) is 0 Å². The second kappa shape index (κ2) is 6.99. The molecule has 0 N–H and O–H groups in total. The number of hydrogen-bond donors (Lipinski definition) is 0. The summed E-state index contributed by atoms with van der Waals surface area (Å²) in [5.41, 5.74) is 1.03. The van der Waals surface area contributed by atoms with Crippen molar-refractivity contribution >= 4 is 17.5 Å². The van der Waals surface area contributed by atoms with E-state index in [0.717, 1.165) is 25.0 Å². The summed E-state index contributed by atoms with van der Waals surface area (Å²) in [4.78, 5) is 14.4. The molecule has 1 atom stereocenters. The topological polar surface area (TPSA) is 42.7 Å². The van der Waals surface area contributed by atoms with Crippen molar-refractivity contribution in [3.05, 3.63) is 59.0 Å². The van der Waals surface area contributed by atoms with E-state index in [-0.39, 0.29) is 12.0 Å². The Morgan fingerprint density at radius 2 is 2.09 bits per heavy atom. The number of carbonyl (C=O) groups excluding carboxylic acids is 1. The smallest absolute Gasteiger partial charge is 0.289 e. The first-order valence-electron chi connectivity index (χ1n) is 7.41. The van der Waals surface area contributed by atoms with Crippen LogP contribution in [0.1, 0.15) is 29.0 Å². The summed E-state index contributed by atoms with van der Waals surface area (Å²) in [6.07, 6.45) is 3.66. The molecule has 5 heteroatoms. The molecule has 22 heavy (non-hydrogen) atoms. The van der Waals surface area contributed by atoms with Crippen molar-refractivity contribution < 1.29 is 13.9 Å². The highest BCUT2D eigenvalue weighted by Gasteiger charge is 2.24. The zero-order chi connectivity index (χ0) is 15.4. The molecule has 0 spiro atoms. The first-order chi connectivity index (χ1) is 10.7. The third-order valence-electron chi connectivity index (χ3n) is 3.75. The van der Waals surface area contributed by atoms with Crippen LogP contribution >= 0.6 is 11.6 Å². The van der Waals surface area contributed by atoms with Crippen molar-refractivity contribution in [2.75, 3.05) is 13.2 Å². The second-order valence-electron chi connectivity index (χ2n) is 5.42. The summed E-state index contributed by atoms with van der Waals surface area (Å²) < 4.78 is 10.9. The number of furan rings is 1. The van der Waals surface area contributed by atoms with E-state index >= 15 is 0 Å². The van der Waals surface area contributed by atoms with Crippen LogP contribution in [0.2, 0.25) is 5.02 Å². The Morgan fingerprint density at radius 1 is 1.27 bits per heavy atom. The Hall–Kier alpha value is -1.78. The van der Waals surface area contributed by atoms with E-state index in [2.05, 4.69) is 0 Å². The summed E-state index contributed by atoms with van der Waals surface area (Å²) in [5.74, 6) is 0.238. The normalized spacial score (nSPS) is 17.6. The molecule has 0 bridgehead atoms. The molecule has 1 saturated heterocycles. The van der Waals surface area contributed by atoms with Gasteiger partial charge in [-0.05, 0) is 42.7 Å². The van der Waals surface area contributed by atoms with Gasteiger partial charge in [0.15, 0.2) is 5.76 Å². The fourth-order valence-corrected chi connectivity index (χ4v) is 2.75. The number of amides is 1. The first-order valence-corrected chi connectivity index (χ1v) is 7.79. The highest BCUT2D eigenvalue weighted by atomic mass is 35.5. The lowest BCUT2D eigenvalue weighted by Crippen LogP contribution is -2.36. The van der Waals surface area contributed by atoms with Gasteiger partial charge in [-0.2, -0.15) is 0 Å². The molecule has 0 unspecified atom stereocenters. The molecule has 1 fully saturated rings. The van der Waals surface area contributed by atoms with Gasteiger partial charge in [0.05, 0.1) is 12.4 Å². The quantitative estimate of drug-likeness (QED) is 0.843. The molecule has 2 aromatic rings. The molecule has 0 aliphatic carbocycles. The van der Waals surface area contributed by atoms with Gasteiger partial charge in [0.2, 0.25) is 0 Å². The van der Waals surface area contributed by atoms with E-state index in [4.69, 9.17) is 20.8 Å². The van der Waals surface area contributed by atoms with Gasteiger partial charge in [-0.1, -0.05) is 23.7 Å². The van der Waals surface area contributed by atoms with Crippen LogP contribution in [0.15, 0.2) is 47.1 Å². The van der Waals surface area contributed by atoms with Gasteiger partial charge in [0.1, 0.15) is 0 Å². The molecule has 2 heterocycles. The number of benzene rings is 1. The number of ether oxygens (including phenoxy) is 1. The van der Waals surface area contributed by atoms with Crippen molar-refractivity contribution in [1.82, 2.24) is 4.90 Å². The predicted octanol–water partition coefficient (Wildman–Crippen LogP) is 3.75. The largest absolute Gasteiger partial charge is 0.459 e. The van der Waals surface area contributed by atoms with Gasteiger partial charge in [-0.15, -0.1) is 0 Å². The minimum atomic E-state index is -0.115. The van der Waals surface area contributed by atoms with Crippen LogP contribution in [-0.4, -0.2) is 30.1 Å². The summed E-state index contributed by atoms with van der Waals surface area (Å²) in [6, 6.07) is 10.9. The lowest BCUT2D eigenvalue weighted by Gasteiger charge is -2.24. The molecular weight excluding hydrogens is 302 g/mol. The van der Waals surface area contributed by atoms with E-state index in [0.29, 0.717) is 23.9 Å². The summed E-state index contributed by atoms with van der Waals surface area (Å²) in [7, 11) is 0. The van der Waals surface area contributed by atoms with Crippen LogP contribution in [-0.2, 0) is 11.3 Å². The molecular formula is C17H18ClNO3. The molecule has 116 valence electrons. The minimum Gasteiger partial charge on any atom is -0.459 e. The Balaban J connectivity index is 1.75. The van der Waals surface area contributed by atoms with Gasteiger partial charge in [0, 0.05) is 24.7 Å². The standard InChI is InChI=1S/C17H18ClNO3/c18-14-7-5-13(6-8-14)11-19(12-15-3-1-9-21-15)17(20)16-4-2-10-22-16/h2,4-8,10,15H,1,3,9,11-12H2/t15-/m1/s1. The van der Waals surface area contributed by atoms with Crippen molar-refractivity contribution in [2.45, 2.75) is 25.5 Å². The minimum absolute atomic E-state index is 0.103. The van der Waals surface area contributed by atoms with E-state index in [1.54, 1.807) is 17.0 Å². The number of rotatable bonds is 5. The average Bonchev–Trinajstić information content (AvgIpc) is 3.21. The Labute approximate surface area is 134 Å². The van der Waals surface area contributed by atoms with E-state index < -0.39 is 0 Å². The van der Waals surface area contributed by atoms with Gasteiger partial charge in [0.25, 0.3) is 5.91 Å². The SMILES string of the molecule is O=C(c1ccco1)N(Cc1ccc(Cl)cc1)C[C@H]1CCCO1. The zero-order valence-corrected chi connectivity index (χ0v) is 13.0. The third-order valence-corrected chi connectivity index (χ3v) is 4.01. The predicted molar refractivity (Wildman–Crippen MR) is 83.9 cm³/mol. The van der Waals surface area contributed by atoms with Gasteiger partial charge >= 0.3 is 0 Å². The van der Waals surface area contributed by atoms with Crippen LogP contribution in [0.4, 0.5) is 0 Å². The van der Waals surface area contributed by atoms with Crippen molar-refractivity contribution in [3.63, 3.8) is 0 Å². The highest BCUT2D eigenvalue weighted by molar-refractivity contribution is 6.30. The summed E-state index contributed by atoms with van der Waals surface area (Å²) in [6.45, 7) is 1.85. The lowest BCUT2D eigenvalue weighted by molar-refractivity contribution is 0.0484. The molecule has 1 aliphatic heterocycles. The molecule has 1 aromatic carbocycles. The fourth-order valence-electron chi connectivity index (χ4n) is 2.62. The van der Waals surface area contributed by atoms with Crippen LogP contribution in [0.5, 0.6) is 0 Å². The molecule has 4 nitrogen and oxygen atoms in total. The number of carbonyl (C=O) groups is 1. The Kier molecular flexibility index (Phi) is 4.80. The van der Waals surface area contributed by atoms with Crippen molar-refractivity contribution in [2.24, 2.45) is 0 Å². The van der Waals surface area contributed by atoms with Crippen LogP contribution in [0, 0.1) is 0 Å². The number of hydrogen-bond acceptors (Lipinski definition) is 3. The maximum absolute atomic E-state index is 12.6. The van der Waals surface area contributed by atoms with E-state index in [9.17, 15) is 4.79 Å². The lowest BCUT2D eigenvalue weighted by atomic mass is 10.1. The molecule has 0 radical (unpaired) electrons. The molecule has 0 saturated carbocycles. The summed E-state index contributed by atoms with van der Waals surface area (Å²) in [5, 5.41) is 0.687. The van der Waals surface area contributed by atoms with Crippen LogP contribution < -0.4 is 0 Å². The van der Waals surface area contributed by atoms with Gasteiger partial charge in [-0.3, -0.25) is 4.79 Å². The second-order valence-corrected chi connectivity index (χ2v) is 5.86. The highest BCUT2D eigenvalue weighted by Crippen LogP contribution is 2.18. The maximum Gasteiger partial charge on any atom is 0.289 e. The first kappa shape index (κ1) is 15.1. The maximum atomic E-state index is 12.6. The molecule has 1 aromatic heterocycles. The Morgan fingerprint density at radius 3 is 2.73 bits per heavy atom. The van der Waals surface area contributed by atoms with Gasteiger partial charge < -0.3 is 14.1 Å². The summed E-state index contributed by atoms with van der Waals surface area (Å²) >= 11 is 5.91.